The molecule has 6 unspecified atom stereocenters. The van der Waals surface area contributed by atoms with E-state index in [4.69, 9.17) is 9.84 Å². The summed E-state index contributed by atoms with van der Waals surface area (Å²) in [4.78, 5) is 12.7. The highest BCUT2D eigenvalue weighted by Gasteiger charge is 2.40. The predicted octanol–water partition coefficient (Wildman–Crippen LogP) is -1.02. The number of aromatic hydroxyl groups is 3. The predicted molar refractivity (Wildman–Crippen MR) is 106 cm³/mol. The number of Topliss-reactive ketones (excluding diaryl/α,β-unsaturated/α-hetero) is 1. The van der Waals surface area contributed by atoms with Gasteiger partial charge in [0.15, 0.2) is 5.78 Å². The van der Waals surface area contributed by atoms with Crippen molar-refractivity contribution in [2.24, 2.45) is 0 Å². The molecular weight excluding hydrogens is 428 g/mol. The van der Waals surface area contributed by atoms with E-state index in [0.717, 1.165) is 6.07 Å². The van der Waals surface area contributed by atoms with Crippen LogP contribution in [0.4, 0.5) is 0 Å². The number of carbonyl (C=O) groups excluding carboxylic acids is 1. The molecule has 1 aliphatic heterocycles. The summed E-state index contributed by atoms with van der Waals surface area (Å²) in [7, 11) is 0. The summed E-state index contributed by atoms with van der Waals surface area (Å²) in [5, 5.41) is 89.2. The number of benzene rings is 2. The monoisotopic (exact) mass is 452 g/mol. The average Bonchev–Trinajstić information content (AvgIpc) is 2.76. The summed E-state index contributed by atoms with van der Waals surface area (Å²) in [6.45, 7) is -0.938. The smallest absolute Gasteiger partial charge is 0.174 e. The minimum atomic E-state index is -2.20. The van der Waals surface area contributed by atoms with Gasteiger partial charge in [0.25, 0.3) is 0 Å². The maximum atomic E-state index is 12.7. The van der Waals surface area contributed by atoms with Crippen LogP contribution >= 0.6 is 0 Å². The molecule has 9 N–H and O–H groups in total. The number of hydrogen-bond donors (Lipinski definition) is 9. The third-order valence-electron chi connectivity index (χ3n) is 5.35. The highest BCUT2D eigenvalue weighted by atomic mass is 16.5. The van der Waals surface area contributed by atoms with Gasteiger partial charge in [0, 0.05) is 6.07 Å². The van der Waals surface area contributed by atoms with Crippen LogP contribution in [0.5, 0.6) is 23.0 Å². The highest BCUT2D eigenvalue weighted by molar-refractivity contribution is 6.03. The maximum absolute atomic E-state index is 12.7. The number of ether oxygens (including phenoxy) is 1. The van der Waals surface area contributed by atoms with Gasteiger partial charge in [-0.2, -0.15) is 0 Å². The van der Waals surface area contributed by atoms with Gasteiger partial charge in [-0.15, -0.1) is 0 Å². The molecule has 11 nitrogen and oxygen atoms in total. The molecule has 0 bridgehead atoms. The lowest BCUT2D eigenvalue weighted by atomic mass is 9.89. The van der Waals surface area contributed by atoms with Crippen LogP contribution in [0.2, 0.25) is 0 Å². The van der Waals surface area contributed by atoms with Gasteiger partial charge in [0.05, 0.1) is 18.6 Å². The number of hydrogen-bond acceptors (Lipinski definition) is 11. The van der Waals surface area contributed by atoms with Crippen molar-refractivity contribution in [3.8, 4) is 23.0 Å². The van der Waals surface area contributed by atoms with Gasteiger partial charge in [0.1, 0.15) is 65.2 Å². The second kappa shape index (κ2) is 9.28. The fraction of sp³-hybridized carbons (Fsp3) is 0.381. The molecule has 2 aromatic rings. The lowest BCUT2D eigenvalue weighted by Gasteiger charge is -2.32. The molecule has 0 saturated carbocycles. The summed E-state index contributed by atoms with van der Waals surface area (Å²) in [5.41, 5.74) is -0.427. The van der Waals surface area contributed by atoms with Crippen molar-refractivity contribution in [1.29, 1.82) is 0 Å². The molecule has 0 fully saturated rings. The molecule has 0 spiro atoms. The number of ketones is 1. The highest BCUT2D eigenvalue weighted by Crippen LogP contribution is 2.48. The Morgan fingerprint density at radius 3 is 2.12 bits per heavy atom. The molecule has 2 aromatic carbocycles. The Morgan fingerprint density at radius 2 is 1.53 bits per heavy atom. The number of aliphatic hydroxyl groups excluding tert-OH is 6. The molecule has 174 valence electrons. The molecule has 3 rings (SSSR count). The van der Waals surface area contributed by atoms with Crippen molar-refractivity contribution in [2.75, 3.05) is 6.61 Å². The molecule has 0 saturated heterocycles. The fourth-order valence-corrected chi connectivity index (χ4v) is 3.55. The first-order chi connectivity index (χ1) is 15.1. The van der Waals surface area contributed by atoms with Gasteiger partial charge in [0.2, 0.25) is 0 Å². The Hall–Kier alpha value is -2.93. The minimum absolute atomic E-state index is 0.0246. The van der Waals surface area contributed by atoms with Gasteiger partial charge in [-0.3, -0.25) is 4.79 Å². The van der Waals surface area contributed by atoms with E-state index in [0.29, 0.717) is 5.56 Å². The van der Waals surface area contributed by atoms with Gasteiger partial charge < -0.3 is 50.7 Å². The van der Waals surface area contributed by atoms with Crippen molar-refractivity contribution in [2.45, 2.75) is 43.0 Å². The largest absolute Gasteiger partial charge is 0.508 e. The molecule has 0 radical (unpaired) electrons. The minimum Gasteiger partial charge on any atom is -0.508 e. The quantitative estimate of drug-likeness (QED) is 0.248. The lowest BCUT2D eigenvalue weighted by molar-refractivity contribution is -0.141. The number of fused-ring (bicyclic) bond motifs is 1. The first kappa shape index (κ1) is 23.7. The van der Waals surface area contributed by atoms with Crippen LogP contribution in [-0.4, -0.2) is 82.8 Å². The topological polar surface area (TPSA) is 208 Å². The fourth-order valence-electron chi connectivity index (χ4n) is 3.55. The number of carbonyl (C=O) groups is 1. The van der Waals surface area contributed by atoms with Crippen LogP contribution in [0.25, 0.3) is 0 Å². The summed E-state index contributed by atoms with van der Waals surface area (Å²) < 4.78 is 5.77. The first-order valence-electron chi connectivity index (χ1n) is 9.65. The molecule has 0 aliphatic carbocycles. The Balaban J connectivity index is 2.02. The Labute approximate surface area is 181 Å². The summed E-state index contributed by atoms with van der Waals surface area (Å²) in [6, 6.07) is 6.47. The van der Waals surface area contributed by atoms with E-state index < -0.39 is 71.8 Å². The lowest BCUT2D eigenvalue weighted by Crippen LogP contribution is -2.47. The van der Waals surface area contributed by atoms with Gasteiger partial charge >= 0.3 is 0 Å². The average molecular weight is 452 g/mol. The summed E-state index contributed by atoms with van der Waals surface area (Å²) in [6.07, 6.45) is -11.5. The maximum Gasteiger partial charge on any atom is 0.174 e. The molecule has 0 amide bonds. The van der Waals surface area contributed by atoms with E-state index in [1.807, 2.05) is 0 Å². The van der Waals surface area contributed by atoms with Crippen LogP contribution in [0.1, 0.15) is 40.1 Å². The Bertz CT molecular complexity index is 975. The van der Waals surface area contributed by atoms with Gasteiger partial charge in [-0.25, -0.2) is 0 Å². The molecular formula is C21H24O11. The zero-order valence-electron chi connectivity index (χ0n) is 16.6. The van der Waals surface area contributed by atoms with E-state index in [-0.39, 0.29) is 17.7 Å². The standard InChI is InChI=1S/C21H24O11/c22-7-13(27)17(28)19(30)20(31)18(29)16-11(25)5-10(24)15-12(26)6-14(32-21(15)16)8-1-3-9(23)4-2-8/h1-5,13-14,17-20,22-25,27-31H,6-7H2. The molecule has 32 heavy (non-hydrogen) atoms. The number of phenols is 3. The second-order valence-corrected chi connectivity index (χ2v) is 7.52. The summed E-state index contributed by atoms with van der Waals surface area (Å²) in [5.74, 6) is -2.46. The van der Waals surface area contributed by atoms with Crippen LogP contribution in [0.3, 0.4) is 0 Å². The zero-order valence-corrected chi connectivity index (χ0v) is 16.6. The first-order valence-corrected chi connectivity index (χ1v) is 9.65. The van der Waals surface area contributed by atoms with Crippen LogP contribution in [0.15, 0.2) is 30.3 Å². The van der Waals surface area contributed by atoms with E-state index >= 15 is 0 Å². The third-order valence-corrected chi connectivity index (χ3v) is 5.35. The van der Waals surface area contributed by atoms with Crippen molar-refractivity contribution < 1.29 is 55.5 Å². The van der Waals surface area contributed by atoms with Crippen molar-refractivity contribution in [3.05, 3.63) is 47.0 Å². The van der Waals surface area contributed by atoms with Crippen molar-refractivity contribution >= 4 is 5.78 Å². The molecule has 11 heteroatoms. The van der Waals surface area contributed by atoms with E-state index in [2.05, 4.69) is 0 Å². The molecule has 0 aromatic heterocycles. The number of phenolic OH excluding ortho intramolecular Hbond substituents is 3. The van der Waals surface area contributed by atoms with Gasteiger partial charge in [-0.05, 0) is 17.7 Å². The second-order valence-electron chi connectivity index (χ2n) is 7.52. The third kappa shape index (κ3) is 4.35. The zero-order chi connectivity index (χ0) is 23.7. The van der Waals surface area contributed by atoms with Crippen LogP contribution in [-0.2, 0) is 0 Å². The van der Waals surface area contributed by atoms with Crippen molar-refractivity contribution in [3.63, 3.8) is 0 Å². The Morgan fingerprint density at radius 1 is 0.906 bits per heavy atom. The normalized spacial score (nSPS) is 20.6. The van der Waals surface area contributed by atoms with Crippen LogP contribution < -0.4 is 4.74 Å². The van der Waals surface area contributed by atoms with Crippen LogP contribution in [0, 0.1) is 0 Å². The van der Waals surface area contributed by atoms with E-state index in [1.165, 1.54) is 24.3 Å². The van der Waals surface area contributed by atoms with E-state index in [9.17, 15) is 45.6 Å². The molecule has 1 heterocycles. The number of rotatable bonds is 7. The molecule has 6 atom stereocenters. The SMILES string of the molecule is O=C1CC(c2ccc(O)cc2)Oc2c1c(O)cc(O)c2C(O)C(O)C(O)C(O)C(O)CO. The molecule has 1 aliphatic rings. The van der Waals surface area contributed by atoms with Gasteiger partial charge in [-0.1, -0.05) is 12.1 Å². The summed E-state index contributed by atoms with van der Waals surface area (Å²) >= 11 is 0. The Kier molecular flexibility index (Phi) is 6.88. The van der Waals surface area contributed by atoms with Crippen molar-refractivity contribution in [1.82, 2.24) is 0 Å². The van der Waals surface area contributed by atoms with E-state index in [1.54, 1.807) is 0 Å². The number of aliphatic hydroxyl groups is 6.